The number of H-pyrrole nitrogens is 1. The standard InChI is InChI=1S/C26H34N8O2/c1-18(35-3)15-28-25(29-17-27)22-16-33-12-13-36-24-14-19(4-5-21(24)26(33)31-22)23-6-9-30-34(23)20-7-10-32(2)11-8-20/h4-6,9,14,16-18,20H,7-8,10-13,15H2,1-3H3,(H2,27,28,29)/p+1. The maximum absolute atomic E-state index is 6.19. The minimum Gasteiger partial charge on any atom is -0.491 e. The van der Waals surface area contributed by atoms with Gasteiger partial charge in [-0.3, -0.25) is 4.99 Å². The van der Waals surface area contributed by atoms with E-state index in [4.69, 9.17) is 20.2 Å². The van der Waals surface area contributed by atoms with Crippen LogP contribution >= 0.6 is 0 Å². The third kappa shape index (κ3) is 4.91. The second-order valence-electron chi connectivity index (χ2n) is 9.44. The maximum Gasteiger partial charge on any atom is 0.238 e. The molecule has 3 aromatic rings. The van der Waals surface area contributed by atoms with Gasteiger partial charge in [-0.15, -0.1) is 4.68 Å². The van der Waals surface area contributed by atoms with Gasteiger partial charge in [-0.05, 0) is 32.2 Å². The van der Waals surface area contributed by atoms with Crippen LogP contribution in [-0.4, -0.2) is 78.2 Å². The molecule has 1 fully saturated rings. The van der Waals surface area contributed by atoms with Crippen LogP contribution in [0.15, 0.2) is 46.6 Å². The molecule has 1 atom stereocenters. The predicted octanol–water partition coefficient (Wildman–Crippen LogP) is 2.26. The van der Waals surface area contributed by atoms with Crippen molar-refractivity contribution in [1.82, 2.24) is 19.5 Å². The van der Waals surface area contributed by atoms with Gasteiger partial charge >= 0.3 is 0 Å². The molecule has 0 amide bonds. The zero-order valence-electron chi connectivity index (χ0n) is 21.2. The first kappa shape index (κ1) is 24.2. The number of aromatic amines is 1. The van der Waals surface area contributed by atoms with Crippen LogP contribution in [0.25, 0.3) is 22.6 Å². The third-order valence-electron chi connectivity index (χ3n) is 6.98. The van der Waals surface area contributed by atoms with E-state index in [0.29, 0.717) is 37.3 Å². The molecular weight excluding hydrogens is 456 g/mol. The van der Waals surface area contributed by atoms with E-state index in [0.717, 1.165) is 48.6 Å². The number of piperidine rings is 1. The highest BCUT2D eigenvalue weighted by molar-refractivity contribution is 6.01. The number of aliphatic imine (C=N–C) groups is 2. The van der Waals surface area contributed by atoms with Gasteiger partial charge in [0.15, 0.2) is 11.9 Å². The summed E-state index contributed by atoms with van der Waals surface area (Å²) in [4.78, 5) is 16.1. The first-order valence-electron chi connectivity index (χ1n) is 12.5. The molecule has 2 aliphatic rings. The number of imidazole rings is 1. The van der Waals surface area contributed by atoms with Crippen LogP contribution in [0.3, 0.4) is 0 Å². The fraction of sp³-hybridized carbons (Fsp3) is 0.462. The second-order valence-corrected chi connectivity index (χ2v) is 9.44. The summed E-state index contributed by atoms with van der Waals surface area (Å²) < 4.78 is 15.9. The number of amidine groups is 1. The molecule has 0 saturated carbocycles. The molecule has 0 radical (unpaired) electrons. The lowest BCUT2D eigenvalue weighted by Gasteiger charge is -2.25. The zero-order chi connectivity index (χ0) is 25.1. The van der Waals surface area contributed by atoms with Gasteiger partial charge in [0.25, 0.3) is 0 Å². The highest BCUT2D eigenvalue weighted by Crippen LogP contribution is 2.35. The van der Waals surface area contributed by atoms with E-state index in [2.05, 4.69) is 60.5 Å². The number of aromatic nitrogens is 4. The van der Waals surface area contributed by atoms with E-state index in [-0.39, 0.29) is 6.10 Å². The number of nitrogens with zero attached hydrogens (tertiary/aromatic N) is 6. The van der Waals surface area contributed by atoms with Gasteiger partial charge in [0, 0.05) is 45.3 Å². The van der Waals surface area contributed by atoms with Crippen LogP contribution < -0.4 is 15.2 Å². The minimum absolute atomic E-state index is 0.0216. The van der Waals surface area contributed by atoms with E-state index in [9.17, 15) is 0 Å². The lowest BCUT2D eigenvalue weighted by Crippen LogP contribution is -2.48. The predicted molar refractivity (Wildman–Crippen MR) is 139 cm³/mol. The van der Waals surface area contributed by atoms with Crippen LogP contribution in [0, 0.1) is 0 Å². The second kappa shape index (κ2) is 10.6. The molecule has 1 saturated heterocycles. The lowest BCUT2D eigenvalue weighted by atomic mass is 10.0. The van der Waals surface area contributed by atoms with Gasteiger partial charge in [-0.2, -0.15) is 5.10 Å². The topological polar surface area (TPSA) is 110 Å². The monoisotopic (exact) mass is 491 g/mol. The Hall–Kier alpha value is -3.50. The van der Waals surface area contributed by atoms with Crippen LogP contribution in [0.4, 0.5) is 0 Å². The Balaban J connectivity index is 1.46. The van der Waals surface area contributed by atoms with Gasteiger partial charge in [0.1, 0.15) is 23.9 Å². The Labute approximate surface area is 211 Å². The van der Waals surface area contributed by atoms with Crippen molar-refractivity contribution >= 4 is 12.2 Å². The number of fused-ring (bicyclic) bond motifs is 3. The number of rotatable bonds is 6. The summed E-state index contributed by atoms with van der Waals surface area (Å²) in [5.41, 5.74) is 9.52. The Morgan fingerprint density at radius 3 is 2.94 bits per heavy atom. The molecular formula is C26H35N8O2+. The summed E-state index contributed by atoms with van der Waals surface area (Å²) in [6, 6.07) is 8.98. The first-order chi connectivity index (χ1) is 17.6. The van der Waals surface area contributed by atoms with E-state index in [1.807, 2.05) is 19.3 Å². The lowest BCUT2D eigenvalue weighted by molar-refractivity contribution is -0.766. The van der Waals surface area contributed by atoms with Crippen molar-refractivity contribution in [2.45, 2.75) is 38.5 Å². The molecule has 0 bridgehead atoms. The molecule has 1 unspecified atom stereocenters. The number of benzene rings is 1. The smallest absolute Gasteiger partial charge is 0.238 e. The van der Waals surface area contributed by atoms with Gasteiger partial charge < -0.3 is 24.7 Å². The Morgan fingerprint density at radius 1 is 1.33 bits per heavy atom. The summed E-state index contributed by atoms with van der Waals surface area (Å²) in [5.74, 6) is 2.15. The fourth-order valence-electron chi connectivity index (χ4n) is 4.83. The summed E-state index contributed by atoms with van der Waals surface area (Å²) >= 11 is 0. The summed E-state index contributed by atoms with van der Waals surface area (Å²) in [7, 11) is 3.85. The molecule has 0 aliphatic carbocycles. The van der Waals surface area contributed by atoms with E-state index in [1.165, 1.54) is 12.0 Å². The number of nitrogens with two attached hydrogens (primary N) is 1. The van der Waals surface area contributed by atoms with Crippen molar-refractivity contribution in [2.75, 3.05) is 40.4 Å². The Morgan fingerprint density at radius 2 is 2.17 bits per heavy atom. The number of hydrogen-bond donors (Lipinski definition) is 2. The first-order valence-corrected chi connectivity index (χ1v) is 12.5. The average molecular weight is 492 g/mol. The largest absolute Gasteiger partial charge is 0.491 e. The molecule has 4 heterocycles. The molecule has 190 valence electrons. The molecule has 36 heavy (non-hydrogen) atoms. The molecule has 2 aromatic heterocycles. The van der Waals surface area contributed by atoms with E-state index < -0.39 is 0 Å². The van der Waals surface area contributed by atoms with Gasteiger partial charge in [-0.1, -0.05) is 0 Å². The number of methoxy groups -OCH3 is 1. The van der Waals surface area contributed by atoms with Crippen molar-refractivity contribution in [2.24, 2.45) is 15.7 Å². The Bertz CT molecular complexity index is 1250. The molecule has 0 spiro atoms. The molecule has 3 N–H and O–H groups in total. The van der Waals surface area contributed by atoms with E-state index in [1.54, 1.807) is 7.11 Å². The molecule has 5 rings (SSSR count). The summed E-state index contributed by atoms with van der Waals surface area (Å²) in [5, 5.41) is 3.44. The van der Waals surface area contributed by atoms with Crippen LogP contribution in [0.1, 0.15) is 31.5 Å². The Kier molecular flexibility index (Phi) is 7.15. The van der Waals surface area contributed by atoms with Gasteiger partial charge in [-0.25, -0.2) is 9.98 Å². The van der Waals surface area contributed by atoms with Crippen LogP contribution in [0.5, 0.6) is 5.75 Å². The van der Waals surface area contributed by atoms with Crippen LogP contribution in [0.2, 0.25) is 0 Å². The van der Waals surface area contributed by atoms with Crippen molar-refractivity contribution in [3.05, 3.63) is 42.4 Å². The van der Waals surface area contributed by atoms with E-state index >= 15 is 0 Å². The third-order valence-corrected chi connectivity index (χ3v) is 6.98. The van der Waals surface area contributed by atoms with Gasteiger partial charge in [0.05, 0.1) is 42.9 Å². The molecule has 2 aliphatic heterocycles. The van der Waals surface area contributed by atoms with Gasteiger partial charge in [0.2, 0.25) is 5.69 Å². The fourth-order valence-corrected chi connectivity index (χ4v) is 4.83. The molecule has 1 aromatic carbocycles. The van der Waals surface area contributed by atoms with Crippen molar-refractivity contribution in [3.63, 3.8) is 0 Å². The number of nitrogens with one attached hydrogen (secondary N) is 1. The molecule has 10 nitrogen and oxygen atoms in total. The highest BCUT2D eigenvalue weighted by atomic mass is 16.5. The number of hydrogen-bond acceptors (Lipinski definition) is 5. The SMILES string of the molecule is COC(C)CN=C(N=CN)c1cn2c(n1)-c1ccc(-c3cc[nH][n+]3C3CCN(C)CC3)cc1OCC2. The van der Waals surface area contributed by atoms with Crippen molar-refractivity contribution in [3.8, 4) is 28.4 Å². The molecule has 10 heteroatoms. The highest BCUT2D eigenvalue weighted by Gasteiger charge is 2.30. The number of likely N-dealkylation sites (tertiary alicyclic amines) is 1. The minimum atomic E-state index is -0.0216. The normalized spacial score (nSPS) is 18.0. The number of ether oxygens (including phenoxy) is 2. The van der Waals surface area contributed by atoms with Crippen molar-refractivity contribution < 1.29 is 14.2 Å². The zero-order valence-corrected chi connectivity index (χ0v) is 21.2. The average Bonchev–Trinajstić information content (AvgIpc) is 3.51. The quantitative estimate of drug-likeness (QED) is 0.312. The summed E-state index contributed by atoms with van der Waals surface area (Å²) in [6.07, 6.45) is 7.48. The summed E-state index contributed by atoms with van der Waals surface area (Å²) in [6.45, 7) is 5.88. The maximum atomic E-state index is 6.19. The van der Waals surface area contributed by atoms with Crippen molar-refractivity contribution in [1.29, 1.82) is 0 Å². The van der Waals surface area contributed by atoms with Crippen LogP contribution in [-0.2, 0) is 11.3 Å².